The van der Waals surface area contributed by atoms with Crippen molar-refractivity contribution < 1.29 is 4.79 Å². The summed E-state index contributed by atoms with van der Waals surface area (Å²) in [6.45, 7) is 4.41. The molecule has 0 atom stereocenters. The van der Waals surface area contributed by atoms with Gasteiger partial charge in [0.15, 0.2) is 0 Å². The number of piperazine rings is 1. The Hall–Kier alpha value is -2.24. The number of nitrogens with zero attached hydrogens (tertiary/aromatic N) is 2. The summed E-state index contributed by atoms with van der Waals surface area (Å²) >= 11 is 18.1. The van der Waals surface area contributed by atoms with Crippen LogP contribution in [0.4, 0.5) is 11.4 Å². The Kier molecular flexibility index (Phi) is 7.03. The second-order valence-electron chi connectivity index (χ2n) is 7.49. The Morgan fingerprint density at radius 3 is 2.26 bits per heavy atom. The summed E-state index contributed by atoms with van der Waals surface area (Å²) < 4.78 is 0. The third-order valence-corrected chi connectivity index (χ3v) is 6.35. The van der Waals surface area contributed by atoms with Crippen LogP contribution >= 0.6 is 34.8 Å². The summed E-state index contributed by atoms with van der Waals surface area (Å²) in [5.41, 5.74) is 3.56. The lowest BCUT2D eigenvalue weighted by Gasteiger charge is -2.37. The Morgan fingerprint density at radius 2 is 1.55 bits per heavy atom. The maximum Gasteiger partial charge on any atom is 0.255 e. The van der Waals surface area contributed by atoms with Gasteiger partial charge in [-0.15, -0.1) is 0 Å². The molecule has 1 amide bonds. The second-order valence-corrected chi connectivity index (χ2v) is 8.74. The minimum absolute atomic E-state index is 0.151. The zero-order valence-electron chi connectivity index (χ0n) is 16.8. The molecule has 0 bridgehead atoms. The number of rotatable bonds is 5. The smallest absolute Gasteiger partial charge is 0.255 e. The highest BCUT2D eigenvalue weighted by Gasteiger charge is 2.20. The molecule has 31 heavy (non-hydrogen) atoms. The number of benzene rings is 3. The summed E-state index contributed by atoms with van der Waals surface area (Å²) in [6, 6.07) is 20.6. The number of hydrogen-bond acceptors (Lipinski definition) is 3. The Labute approximate surface area is 197 Å². The fourth-order valence-electron chi connectivity index (χ4n) is 3.69. The molecule has 160 valence electrons. The van der Waals surface area contributed by atoms with E-state index in [4.69, 9.17) is 34.8 Å². The van der Waals surface area contributed by atoms with Crippen molar-refractivity contribution in [3.05, 3.63) is 92.9 Å². The van der Waals surface area contributed by atoms with Crippen LogP contribution < -0.4 is 10.2 Å². The molecule has 0 radical (unpaired) electrons. The molecule has 0 saturated carbocycles. The molecule has 0 aromatic heterocycles. The van der Waals surface area contributed by atoms with Gasteiger partial charge in [0.2, 0.25) is 0 Å². The van der Waals surface area contributed by atoms with Crippen LogP contribution in [0, 0.1) is 0 Å². The molecular weight excluding hydrogens is 453 g/mol. The van der Waals surface area contributed by atoms with Gasteiger partial charge in [-0.1, -0.05) is 53.0 Å². The van der Waals surface area contributed by atoms with E-state index < -0.39 is 0 Å². The molecule has 0 spiro atoms. The number of nitrogens with one attached hydrogen (secondary N) is 1. The fourth-order valence-corrected chi connectivity index (χ4v) is 4.14. The Morgan fingerprint density at radius 1 is 0.839 bits per heavy atom. The average molecular weight is 475 g/mol. The van der Waals surface area contributed by atoms with E-state index in [1.54, 1.807) is 24.3 Å². The largest absolute Gasteiger partial charge is 0.367 e. The fraction of sp³-hybridized carbons (Fsp3) is 0.208. The molecule has 0 aliphatic carbocycles. The molecule has 3 aromatic rings. The first-order chi connectivity index (χ1) is 15.0. The van der Waals surface area contributed by atoms with Crippen molar-refractivity contribution in [2.75, 3.05) is 36.4 Å². The lowest BCUT2D eigenvalue weighted by Crippen LogP contribution is -2.46. The maximum absolute atomic E-state index is 12.7. The molecule has 1 saturated heterocycles. The summed E-state index contributed by atoms with van der Waals surface area (Å²) in [6.07, 6.45) is 0. The van der Waals surface area contributed by atoms with Gasteiger partial charge in [-0.2, -0.15) is 0 Å². The number of halogens is 3. The van der Waals surface area contributed by atoms with Gasteiger partial charge in [0, 0.05) is 43.3 Å². The van der Waals surface area contributed by atoms with Crippen molar-refractivity contribution in [2.45, 2.75) is 6.54 Å². The van der Waals surface area contributed by atoms with Gasteiger partial charge in [0.05, 0.1) is 21.4 Å². The highest BCUT2D eigenvalue weighted by molar-refractivity contribution is 6.42. The number of carbonyl (C=O) groups excluding carboxylic acids is 1. The van der Waals surface area contributed by atoms with E-state index in [-0.39, 0.29) is 5.91 Å². The van der Waals surface area contributed by atoms with Crippen LogP contribution in [0.2, 0.25) is 15.1 Å². The van der Waals surface area contributed by atoms with Gasteiger partial charge in [-0.3, -0.25) is 9.69 Å². The highest BCUT2D eigenvalue weighted by Crippen LogP contribution is 2.28. The summed E-state index contributed by atoms with van der Waals surface area (Å²) in [7, 11) is 0. The van der Waals surface area contributed by atoms with Crippen molar-refractivity contribution in [1.29, 1.82) is 0 Å². The first kappa shape index (κ1) is 22.0. The lowest BCUT2D eigenvalue weighted by atomic mass is 10.1. The van der Waals surface area contributed by atoms with Crippen LogP contribution in [0.15, 0.2) is 66.7 Å². The summed E-state index contributed by atoms with van der Waals surface area (Å²) in [5, 5.41) is 4.81. The van der Waals surface area contributed by atoms with Crippen LogP contribution in [0.3, 0.4) is 0 Å². The van der Waals surface area contributed by atoms with Gasteiger partial charge >= 0.3 is 0 Å². The Bertz CT molecular complexity index is 1060. The first-order valence-electron chi connectivity index (χ1n) is 10.1. The monoisotopic (exact) mass is 473 g/mol. The Balaban J connectivity index is 1.40. The van der Waals surface area contributed by atoms with Crippen LogP contribution in [-0.4, -0.2) is 37.0 Å². The number of anilines is 2. The second kappa shape index (κ2) is 9.92. The SMILES string of the molecule is O=C(Nc1ccccc1N1CCN(Cc2ccc(Cl)c(Cl)c2)CC1)c1ccc(Cl)cc1. The molecular formula is C24H22Cl3N3O. The number of amides is 1. The van der Waals surface area contributed by atoms with Crippen molar-refractivity contribution in [3.8, 4) is 0 Å². The van der Waals surface area contributed by atoms with Gasteiger partial charge in [-0.25, -0.2) is 0 Å². The summed E-state index contributed by atoms with van der Waals surface area (Å²) in [4.78, 5) is 17.4. The standard InChI is InChI=1S/C24H22Cl3N3O/c25-19-8-6-18(7-9-19)24(31)28-22-3-1-2-4-23(22)30-13-11-29(12-14-30)16-17-5-10-20(26)21(27)15-17/h1-10,15H,11-14,16H2,(H,28,31). The molecule has 7 heteroatoms. The van der Waals surface area contributed by atoms with Gasteiger partial charge in [-0.05, 0) is 54.1 Å². The van der Waals surface area contributed by atoms with Crippen molar-refractivity contribution in [2.24, 2.45) is 0 Å². The zero-order valence-corrected chi connectivity index (χ0v) is 19.1. The van der Waals surface area contributed by atoms with E-state index in [9.17, 15) is 4.79 Å². The molecule has 1 aliphatic rings. The normalized spacial score (nSPS) is 14.5. The van der Waals surface area contributed by atoms with Gasteiger partial charge < -0.3 is 10.2 Å². The van der Waals surface area contributed by atoms with E-state index >= 15 is 0 Å². The third-order valence-electron chi connectivity index (χ3n) is 5.36. The van der Waals surface area contributed by atoms with Crippen molar-refractivity contribution in [1.82, 2.24) is 4.90 Å². The van der Waals surface area contributed by atoms with E-state index in [0.717, 1.165) is 49.7 Å². The maximum atomic E-state index is 12.7. The number of para-hydroxylation sites is 2. The number of hydrogen-bond donors (Lipinski definition) is 1. The van der Waals surface area contributed by atoms with E-state index in [1.165, 1.54) is 0 Å². The summed E-state index contributed by atoms with van der Waals surface area (Å²) in [5.74, 6) is -0.151. The third kappa shape index (κ3) is 5.52. The van der Waals surface area contributed by atoms with Gasteiger partial charge in [0.25, 0.3) is 5.91 Å². The number of carbonyl (C=O) groups is 1. The molecule has 1 fully saturated rings. The van der Waals surface area contributed by atoms with E-state index in [0.29, 0.717) is 20.6 Å². The van der Waals surface area contributed by atoms with E-state index in [2.05, 4.69) is 15.1 Å². The van der Waals surface area contributed by atoms with Crippen molar-refractivity contribution in [3.63, 3.8) is 0 Å². The van der Waals surface area contributed by atoms with Crippen LogP contribution in [0.25, 0.3) is 0 Å². The molecule has 1 aliphatic heterocycles. The molecule has 4 nitrogen and oxygen atoms in total. The quantitative estimate of drug-likeness (QED) is 0.477. The molecule has 1 heterocycles. The van der Waals surface area contributed by atoms with Gasteiger partial charge in [0.1, 0.15) is 0 Å². The molecule has 3 aromatic carbocycles. The lowest BCUT2D eigenvalue weighted by molar-refractivity contribution is 0.102. The molecule has 1 N–H and O–H groups in total. The average Bonchev–Trinajstić information content (AvgIpc) is 2.78. The topological polar surface area (TPSA) is 35.6 Å². The predicted molar refractivity (Wildman–Crippen MR) is 130 cm³/mol. The van der Waals surface area contributed by atoms with Crippen LogP contribution in [0.5, 0.6) is 0 Å². The highest BCUT2D eigenvalue weighted by atomic mass is 35.5. The predicted octanol–water partition coefficient (Wildman–Crippen LogP) is 6.22. The van der Waals surface area contributed by atoms with Crippen molar-refractivity contribution >= 4 is 52.1 Å². The zero-order chi connectivity index (χ0) is 21.8. The van der Waals surface area contributed by atoms with Crippen LogP contribution in [0.1, 0.15) is 15.9 Å². The minimum Gasteiger partial charge on any atom is -0.367 e. The van der Waals surface area contributed by atoms with Crippen LogP contribution in [-0.2, 0) is 6.54 Å². The van der Waals surface area contributed by atoms with E-state index in [1.807, 2.05) is 42.5 Å². The molecule has 0 unspecified atom stereocenters. The first-order valence-corrected chi connectivity index (χ1v) is 11.2. The minimum atomic E-state index is -0.151. The molecule has 4 rings (SSSR count).